The van der Waals surface area contributed by atoms with Gasteiger partial charge in [0.25, 0.3) is 0 Å². The van der Waals surface area contributed by atoms with Gasteiger partial charge in [0.15, 0.2) is 0 Å². The van der Waals surface area contributed by atoms with Crippen LogP contribution in [0.1, 0.15) is 22.8 Å². The number of carbonyl (C=O) groups excluding carboxylic acids is 2. The van der Waals surface area contributed by atoms with E-state index in [2.05, 4.69) is 10.6 Å². The van der Waals surface area contributed by atoms with E-state index in [9.17, 15) is 14.4 Å². The van der Waals surface area contributed by atoms with Crippen molar-refractivity contribution in [3.05, 3.63) is 29.3 Å². The van der Waals surface area contributed by atoms with E-state index in [1.807, 2.05) is 0 Å². The van der Waals surface area contributed by atoms with E-state index in [4.69, 9.17) is 10.8 Å². The molecule has 0 saturated carbocycles. The van der Waals surface area contributed by atoms with E-state index >= 15 is 0 Å². The average molecular weight is 265 g/mol. The molecule has 0 fully saturated rings. The van der Waals surface area contributed by atoms with E-state index in [0.717, 1.165) is 0 Å². The zero-order chi connectivity index (χ0) is 14.6. The highest BCUT2D eigenvalue weighted by atomic mass is 16.4. The number of hydrogen-bond donors (Lipinski definition) is 4. The van der Waals surface area contributed by atoms with Gasteiger partial charge in [-0.3, -0.25) is 4.79 Å². The molecule has 1 rings (SSSR count). The van der Waals surface area contributed by atoms with Gasteiger partial charge < -0.3 is 21.5 Å². The fourth-order valence-corrected chi connectivity index (χ4v) is 1.51. The molecule has 0 heterocycles. The van der Waals surface area contributed by atoms with Crippen LogP contribution >= 0.6 is 0 Å². The molecule has 19 heavy (non-hydrogen) atoms. The highest BCUT2D eigenvalue weighted by Crippen LogP contribution is 2.15. The molecule has 0 aliphatic heterocycles. The van der Waals surface area contributed by atoms with E-state index in [1.165, 1.54) is 19.1 Å². The number of hydrogen-bond acceptors (Lipinski definition) is 3. The maximum absolute atomic E-state index is 11.7. The lowest BCUT2D eigenvalue weighted by Crippen LogP contribution is -2.44. The SMILES string of the molecule is Cc1cc(NC(=O)C(C)NC(N)=O)ccc1C(=O)O. The fraction of sp³-hybridized carbons (Fsp3) is 0.250. The van der Waals surface area contributed by atoms with Gasteiger partial charge in [-0.25, -0.2) is 9.59 Å². The van der Waals surface area contributed by atoms with Crippen LogP contribution in [0.5, 0.6) is 0 Å². The number of anilines is 1. The molecule has 1 aromatic carbocycles. The van der Waals surface area contributed by atoms with E-state index in [-0.39, 0.29) is 5.56 Å². The molecule has 7 nitrogen and oxygen atoms in total. The van der Waals surface area contributed by atoms with Gasteiger partial charge in [0.2, 0.25) is 5.91 Å². The molecule has 5 N–H and O–H groups in total. The van der Waals surface area contributed by atoms with Crippen molar-refractivity contribution in [3.8, 4) is 0 Å². The number of aromatic carboxylic acids is 1. The molecule has 3 amide bonds. The number of carboxylic acid groups (broad SMARTS) is 1. The summed E-state index contributed by atoms with van der Waals surface area (Å²) in [5.74, 6) is -1.47. The summed E-state index contributed by atoms with van der Waals surface area (Å²) < 4.78 is 0. The number of aryl methyl sites for hydroxylation is 1. The largest absolute Gasteiger partial charge is 0.478 e. The molecule has 0 radical (unpaired) electrons. The van der Waals surface area contributed by atoms with Gasteiger partial charge in [0, 0.05) is 5.69 Å². The molecule has 0 bridgehead atoms. The monoisotopic (exact) mass is 265 g/mol. The fourth-order valence-electron chi connectivity index (χ4n) is 1.51. The molecule has 0 aromatic heterocycles. The van der Waals surface area contributed by atoms with Gasteiger partial charge in [-0.2, -0.15) is 0 Å². The Bertz CT molecular complexity index is 528. The quantitative estimate of drug-likeness (QED) is 0.639. The first-order valence-corrected chi connectivity index (χ1v) is 5.52. The standard InChI is InChI=1S/C12H15N3O4/c1-6-5-8(3-4-9(6)11(17)18)15-10(16)7(2)14-12(13)19/h3-5,7H,1-2H3,(H,15,16)(H,17,18)(H3,13,14,19). The molecular weight excluding hydrogens is 250 g/mol. The Labute approximate surface area is 109 Å². The predicted molar refractivity (Wildman–Crippen MR) is 68.9 cm³/mol. The van der Waals surface area contributed by atoms with Gasteiger partial charge in [-0.05, 0) is 37.6 Å². The van der Waals surface area contributed by atoms with Crippen LogP contribution in [-0.2, 0) is 4.79 Å². The average Bonchev–Trinajstić information content (AvgIpc) is 2.27. The van der Waals surface area contributed by atoms with Gasteiger partial charge in [0.05, 0.1) is 5.56 Å². The molecular formula is C12H15N3O4. The lowest BCUT2D eigenvalue weighted by molar-refractivity contribution is -0.117. The number of nitrogens with one attached hydrogen (secondary N) is 2. The van der Waals surface area contributed by atoms with Crippen LogP contribution < -0.4 is 16.4 Å². The number of benzene rings is 1. The van der Waals surface area contributed by atoms with E-state index in [1.54, 1.807) is 13.0 Å². The lowest BCUT2D eigenvalue weighted by atomic mass is 10.1. The van der Waals surface area contributed by atoms with E-state index in [0.29, 0.717) is 11.3 Å². The second kappa shape index (κ2) is 5.85. The maximum atomic E-state index is 11.7. The smallest absolute Gasteiger partial charge is 0.335 e. The van der Waals surface area contributed by atoms with Crippen LogP contribution in [0.4, 0.5) is 10.5 Å². The zero-order valence-electron chi connectivity index (χ0n) is 10.6. The normalized spacial score (nSPS) is 11.5. The minimum Gasteiger partial charge on any atom is -0.478 e. The molecule has 0 aliphatic carbocycles. The second-order valence-corrected chi connectivity index (χ2v) is 4.05. The first kappa shape index (κ1) is 14.5. The summed E-state index contributed by atoms with van der Waals surface area (Å²) in [6.07, 6.45) is 0. The van der Waals surface area contributed by atoms with Gasteiger partial charge in [-0.15, -0.1) is 0 Å². The summed E-state index contributed by atoms with van der Waals surface area (Å²) in [7, 11) is 0. The van der Waals surface area contributed by atoms with Crippen molar-refractivity contribution in [1.82, 2.24) is 5.32 Å². The van der Waals surface area contributed by atoms with Gasteiger partial charge in [0.1, 0.15) is 6.04 Å². The topological polar surface area (TPSA) is 122 Å². The number of primary amides is 1. The highest BCUT2D eigenvalue weighted by Gasteiger charge is 2.15. The van der Waals surface area contributed by atoms with Crippen LogP contribution in [0.15, 0.2) is 18.2 Å². The second-order valence-electron chi connectivity index (χ2n) is 4.05. The van der Waals surface area contributed by atoms with Crippen LogP contribution in [0.3, 0.4) is 0 Å². The summed E-state index contributed by atoms with van der Waals surface area (Å²) in [6.45, 7) is 3.11. The number of carbonyl (C=O) groups is 3. The number of urea groups is 1. The minimum absolute atomic E-state index is 0.168. The predicted octanol–water partition coefficient (Wildman–Crippen LogP) is 0.689. The zero-order valence-corrected chi connectivity index (χ0v) is 10.6. The van der Waals surface area contributed by atoms with Gasteiger partial charge in [-0.1, -0.05) is 0 Å². The van der Waals surface area contributed by atoms with Crippen LogP contribution in [0, 0.1) is 6.92 Å². The van der Waals surface area contributed by atoms with Crippen molar-refractivity contribution in [1.29, 1.82) is 0 Å². The molecule has 0 aliphatic rings. The lowest BCUT2D eigenvalue weighted by Gasteiger charge is -2.13. The first-order chi connectivity index (χ1) is 8.81. The van der Waals surface area contributed by atoms with Crippen molar-refractivity contribution in [2.24, 2.45) is 5.73 Å². The van der Waals surface area contributed by atoms with Crippen molar-refractivity contribution < 1.29 is 19.5 Å². The third kappa shape index (κ3) is 3.98. The Hall–Kier alpha value is -2.57. The van der Waals surface area contributed by atoms with Gasteiger partial charge >= 0.3 is 12.0 Å². The number of rotatable bonds is 4. The Kier molecular flexibility index (Phi) is 4.46. The van der Waals surface area contributed by atoms with E-state index < -0.39 is 23.9 Å². The van der Waals surface area contributed by atoms with Crippen LogP contribution in [-0.4, -0.2) is 29.1 Å². The highest BCUT2D eigenvalue weighted by molar-refractivity contribution is 5.97. The Morgan fingerprint density at radius 3 is 2.42 bits per heavy atom. The van der Waals surface area contributed by atoms with Crippen LogP contribution in [0.2, 0.25) is 0 Å². The Morgan fingerprint density at radius 1 is 1.32 bits per heavy atom. The number of nitrogens with two attached hydrogens (primary N) is 1. The molecule has 1 atom stereocenters. The molecule has 1 aromatic rings. The van der Waals surface area contributed by atoms with Crippen molar-refractivity contribution in [2.45, 2.75) is 19.9 Å². The summed E-state index contributed by atoms with van der Waals surface area (Å²) in [5, 5.41) is 13.7. The first-order valence-electron chi connectivity index (χ1n) is 5.52. The summed E-state index contributed by atoms with van der Waals surface area (Å²) in [6, 6.07) is 2.85. The van der Waals surface area contributed by atoms with Crippen molar-refractivity contribution >= 4 is 23.6 Å². The third-order valence-electron chi connectivity index (χ3n) is 2.48. The number of amides is 3. The Balaban J connectivity index is 2.78. The maximum Gasteiger partial charge on any atom is 0.335 e. The molecule has 0 saturated heterocycles. The Morgan fingerprint density at radius 2 is 1.95 bits per heavy atom. The summed E-state index contributed by atoms with van der Waals surface area (Å²) in [4.78, 5) is 33.1. The minimum atomic E-state index is -1.03. The van der Waals surface area contributed by atoms with Crippen molar-refractivity contribution in [3.63, 3.8) is 0 Å². The molecule has 0 spiro atoms. The van der Waals surface area contributed by atoms with Crippen LogP contribution in [0.25, 0.3) is 0 Å². The van der Waals surface area contributed by atoms with Crippen molar-refractivity contribution in [2.75, 3.05) is 5.32 Å². The molecule has 1 unspecified atom stereocenters. The summed E-state index contributed by atoms with van der Waals surface area (Å²) in [5.41, 5.74) is 6.05. The molecule has 102 valence electrons. The number of carboxylic acids is 1. The third-order valence-corrected chi connectivity index (χ3v) is 2.48. The summed E-state index contributed by atoms with van der Waals surface area (Å²) >= 11 is 0. The molecule has 7 heteroatoms.